The molecular weight excluding hydrogens is 284 g/mol. The van der Waals surface area contributed by atoms with Gasteiger partial charge in [0.1, 0.15) is 6.10 Å². The first-order valence-electron chi connectivity index (χ1n) is 7.31. The minimum atomic E-state index is -0.177. The molecule has 2 aromatic rings. The van der Waals surface area contributed by atoms with Gasteiger partial charge in [-0.15, -0.1) is 5.10 Å². The van der Waals surface area contributed by atoms with E-state index in [0.717, 1.165) is 25.7 Å². The van der Waals surface area contributed by atoms with E-state index in [1.165, 1.54) is 4.68 Å². The maximum absolute atomic E-state index is 12.0. The van der Waals surface area contributed by atoms with Crippen LogP contribution in [0, 0.1) is 0 Å². The van der Waals surface area contributed by atoms with Crippen LogP contribution in [0.4, 0.5) is 0 Å². The second kappa shape index (κ2) is 6.50. The number of nitrogens with one attached hydrogen (secondary N) is 1. The number of carbonyl (C=O) groups excluding carboxylic acids is 1. The molecule has 0 saturated heterocycles. The van der Waals surface area contributed by atoms with Crippen LogP contribution in [-0.2, 0) is 7.05 Å². The van der Waals surface area contributed by atoms with Gasteiger partial charge in [0.15, 0.2) is 5.69 Å². The molecule has 22 heavy (non-hydrogen) atoms. The topological polar surface area (TPSA) is 94.8 Å². The Morgan fingerprint density at radius 3 is 2.64 bits per heavy atom. The summed E-state index contributed by atoms with van der Waals surface area (Å²) in [6.45, 7) is 0. The van der Waals surface area contributed by atoms with Crippen molar-refractivity contribution in [3.63, 3.8) is 0 Å². The van der Waals surface area contributed by atoms with Crippen molar-refractivity contribution in [3.8, 4) is 6.01 Å². The van der Waals surface area contributed by atoms with E-state index in [1.54, 1.807) is 31.7 Å². The predicted octanol–water partition coefficient (Wildman–Crippen LogP) is 0.725. The van der Waals surface area contributed by atoms with Gasteiger partial charge in [0, 0.05) is 25.5 Å². The van der Waals surface area contributed by atoms with Crippen molar-refractivity contribution in [2.75, 3.05) is 0 Å². The molecule has 1 amide bonds. The number of aryl methyl sites for hydroxylation is 1. The van der Waals surface area contributed by atoms with Gasteiger partial charge in [-0.1, -0.05) is 5.21 Å². The largest absolute Gasteiger partial charge is 0.460 e. The fourth-order valence-corrected chi connectivity index (χ4v) is 2.53. The van der Waals surface area contributed by atoms with Crippen molar-refractivity contribution in [2.24, 2.45) is 7.05 Å². The Hall–Kier alpha value is -2.51. The van der Waals surface area contributed by atoms with Gasteiger partial charge in [-0.25, -0.2) is 9.97 Å². The predicted molar refractivity (Wildman–Crippen MR) is 77.2 cm³/mol. The zero-order valence-corrected chi connectivity index (χ0v) is 12.3. The van der Waals surface area contributed by atoms with E-state index in [2.05, 4.69) is 25.6 Å². The Bertz CT molecular complexity index is 621. The van der Waals surface area contributed by atoms with Crippen molar-refractivity contribution in [1.29, 1.82) is 0 Å². The molecular formula is C14H18N6O2. The molecule has 3 rings (SSSR count). The lowest BCUT2D eigenvalue weighted by molar-refractivity contribution is 0.0880. The quantitative estimate of drug-likeness (QED) is 0.894. The average Bonchev–Trinajstić information content (AvgIpc) is 2.97. The molecule has 1 saturated carbocycles. The first-order chi connectivity index (χ1) is 10.7. The van der Waals surface area contributed by atoms with Crippen LogP contribution in [0.5, 0.6) is 6.01 Å². The molecule has 0 radical (unpaired) electrons. The van der Waals surface area contributed by atoms with Gasteiger partial charge in [0.25, 0.3) is 5.91 Å². The van der Waals surface area contributed by atoms with E-state index in [1.807, 2.05) is 0 Å². The third-order valence-electron chi connectivity index (χ3n) is 3.66. The van der Waals surface area contributed by atoms with Crippen molar-refractivity contribution >= 4 is 5.91 Å². The summed E-state index contributed by atoms with van der Waals surface area (Å²) < 4.78 is 7.25. The summed E-state index contributed by atoms with van der Waals surface area (Å²) >= 11 is 0. The Balaban J connectivity index is 1.46. The number of nitrogens with zero attached hydrogens (tertiary/aromatic N) is 5. The fourth-order valence-electron chi connectivity index (χ4n) is 2.53. The molecule has 0 unspecified atom stereocenters. The Labute approximate surface area is 127 Å². The van der Waals surface area contributed by atoms with Gasteiger partial charge in [-0.05, 0) is 31.7 Å². The zero-order chi connectivity index (χ0) is 15.4. The van der Waals surface area contributed by atoms with E-state index in [0.29, 0.717) is 11.7 Å². The molecule has 0 bridgehead atoms. The Morgan fingerprint density at radius 2 is 2.00 bits per heavy atom. The lowest BCUT2D eigenvalue weighted by Gasteiger charge is -2.28. The van der Waals surface area contributed by atoms with Crippen molar-refractivity contribution in [2.45, 2.75) is 37.8 Å². The molecule has 1 aliphatic rings. The Morgan fingerprint density at radius 1 is 1.27 bits per heavy atom. The highest BCUT2D eigenvalue weighted by Gasteiger charge is 2.25. The van der Waals surface area contributed by atoms with Crippen LogP contribution in [0.1, 0.15) is 36.2 Å². The highest BCUT2D eigenvalue weighted by atomic mass is 16.5. The summed E-state index contributed by atoms with van der Waals surface area (Å²) in [5.74, 6) is -0.177. The van der Waals surface area contributed by atoms with Gasteiger partial charge >= 0.3 is 6.01 Å². The summed E-state index contributed by atoms with van der Waals surface area (Å²) in [4.78, 5) is 20.1. The number of rotatable bonds is 4. The summed E-state index contributed by atoms with van der Waals surface area (Å²) in [6.07, 6.45) is 8.49. The zero-order valence-electron chi connectivity index (χ0n) is 12.3. The maximum Gasteiger partial charge on any atom is 0.316 e. The SMILES string of the molecule is Cn1cc(C(=O)NC2CCC(Oc3ncccn3)CC2)nn1. The van der Waals surface area contributed by atoms with Crippen LogP contribution < -0.4 is 10.1 Å². The number of hydrogen-bond acceptors (Lipinski definition) is 6. The second-order valence-electron chi connectivity index (χ2n) is 5.37. The number of aromatic nitrogens is 5. The third-order valence-corrected chi connectivity index (χ3v) is 3.66. The maximum atomic E-state index is 12.0. The minimum Gasteiger partial charge on any atom is -0.460 e. The summed E-state index contributed by atoms with van der Waals surface area (Å²) in [6, 6.07) is 2.31. The molecule has 1 aliphatic carbocycles. The normalized spacial score (nSPS) is 21.3. The highest BCUT2D eigenvalue weighted by Crippen LogP contribution is 2.22. The number of ether oxygens (including phenoxy) is 1. The van der Waals surface area contributed by atoms with Crippen molar-refractivity contribution in [3.05, 3.63) is 30.4 Å². The molecule has 0 atom stereocenters. The molecule has 1 fully saturated rings. The van der Waals surface area contributed by atoms with Crippen LogP contribution in [0.2, 0.25) is 0 Å². The highest BCUT2D eigenvalue weighted by molar-refractivity contribution is 5.92. The van der Waals surface area contributed by atoms with Crippen molar-refractivity contribution in [1.82, 2.24) is 30.3 Å². The van der Waals surface area contributed by atoms with Crippen LogP contribution in [0.3, 0.4) is 0 Å². The number of carbonyl (C=O) groups is 1. The van der Waals surface area contributed by atoms with Crippen LogP contribution in [0.25, 0.3) is 0 Å². The summed E-state index contributed by atoms with van der Waals surface area (Å²) in [7, 11) is 1.73. The van der Waals surface area contributed by atoms with Gasteiger partial charge in [-0.3, -0.25) is 9.48 Å². The van der Waals surface area contributed by atoms with Crippen LogP contribution in [0.15, 0.2) is 24.7 Å². The van der Waals surface area contributed by atoms with E-state index in [9.17, 15) is 4.79 Å². The standard InChI is InChI=1S/C14H18N6O2/c1-20-9-12(18-19-20)13(21)17-10-3-5-11(6-4-10)22-14-15-7-2-8-16-14/h2,7-11H,3-6H2,1H3,(H,17,21). The molecule has 8 nitrogen and oxygen atoms in total. The van der Waals surface area contributed by atoms with Gasteiger partial charge < -0.3 is 10.1 Å². The molecule has 0 aromatic carbocycles. The second-order valence-corrected chi connectivity index (χ2v) is 5.37. The molecule has 8 heteroatoms. The van der Waals surface area contributed by atoms with Crippen LogP contribution >= 0.6 is 0 Å². The van der Waals surface area contributed by atoms with E-state index in [-0.39, 0.29) is 18.1 Å². The van der Waals surface area contributed by atoms with Gasteiger partial charge in [0.05, 0.1) is 6.20 Å². The van der Waals surface area contributed by atoms with Crippen molar-refractivity contribution < 1.29 is 9.53 Å². The van der Waals surface area contributed by atoms with E-state index >= 15 is 0 Å². The average molecular weight is 302 g/mol. The molecule has 0 spiro atoms. The lowest BCUT2D eigenvalue weighted by atomic mass is 9.93. The molecule has 2 heterocycles. The molecule has 1 N–H and O–H groups in total. The van der Waals surface area contributed by atoms with Gasteiger partial charge in [0.2, 0.25) is 0 Å². The molecule has 116 valence electrons. The first kappa shape index (κ1) is 14.4. The smallest absolute Gasteiger partial charge is 0.316 e. The number of hydrogen-bond donors (Lipinski definition) is 1. The summed E-state index contributed by atoms with van der Waals surface area (Å²) in [5.41, 5.74) is 0.346. The number of amides is 1. The minimum absolute atomic E-state index is 0.104. The Kier molecular flexibility index (Phi) is 4.27. The lowest BCUT2D eigenvalue weighted by Crippen LogP contribution is -2.40. The van der Waals surface area contributed by atoms with E-state index < -0.39 is 0 Å². The molecule has 0 aliphatic heterocycles. The monoisotopic (exact) mass is 302 g/mol. The third kappa shape index (κ3) is 3.57. The van der Waals surface area contributed by atoms with Gasteiger partial charge in [-0.2, -0.15) is 0 Å². The van der Waals surface area contributed by atoms with E-state index in [4.69, 9.17) is 4.74 Å². The first-order valence-corrected chi connectivity index (χ1v) is 7.31. The molecule has 2 aromatic heterocycles. The van der Waals surface area contributed by atoms with Crippen LogP contribution in [-0.4, -0.2) is 43.0 Å². The summed E-state index contributed by atoms with van der Waals surface area (Å²) in [5, 5.41) is 10.6. The fraction of sp³-hybridized carbons (Fsp3) is 0.500.